The first-order valence-corrected chi connectivity index (χ1v) is 6.71. The Morgan fingerprint density at radius 2 is 1.94 bits per heavy atom. The minimum atomic E-state index is 0.478. The highest BCUT2D eigenvalue weighted by atomic mass is 16.5. The van der Waals surface area contributed by atoms with Crippen LogP contribution in [0.15, 0.2) is 30.3 Å². The third kappa shape index (κ3) is 6.44. The van der Waals surface area contributed by atoms with Crippen LogP contribution in [0.25, 0.3) is 0 Å². The number of likely N-dealkylation sites (N-methyl/N-ethyl adjacent to an activating group) is 1. The first kappa shape index (κ1) is 14.2. The van der Waals surface area contributed by atoms with Gasteiger partial charge in [0.1, 0.15) is 0 Å². The van der Waals surface area contributed by atoms with Crippen LogP contribution < -0.4 is 5.32 Å². The van der Waals surface area contributed by atoms with Gasteiger partial charge >= 0.3 is 0 Å². The molecule has 0 aliphatic heterocycles. The van der Waals surface area contributed by atoms with Crippen LogP contribution in [0.2, 0.25) is 0 Å². The molecular formula is C15H25NO. The molecular weight excluding hydrogens is 210 g/mol. The molecule has 0 heterocycles. The van der Waals surface area contributed by atoms with E-state index in [0.717, 1.165) is 39.0 Å². The Bertz CT molecular complexity index is 274. The van der Waals surface area contributed by atoms with Gasteiger partial charge in [-0.25, -0.2) is 0 Å². The van der Waals surface area contributed by atoms with E-state index in [1.54, 1.807) is 0 Å². The predicted molar refractivity (Wildman–Crippen MR) is 73.3 cm³/mol. The lowest BCUT2D eigenvalue weighted by molar-refractivity contribution is 0.110. The number of hydrogen-bond donors (Lipinski definition) is 1. The van der Waals surface area contributed by atoms with Gasteiger partial charge in [-0.15, -0.1) is 0 Å². The van der Waals surface area contributed by atoms with Crippen molar-refractivity contribution in [2.75, 3.05) is 19.8 Å². The Balaban J connectivity index is 2.28. The van der Waals surface area contributed by atoms with E-state index in [9.17, 15) is 0 Å². The Labute approximate surface area is 105 Å². The maximum absolute atomic E-state index is 5.62. The quantitative estimate of drug-likeness (QED) is 0.664. The minimum absolute atomic E-state index is 0.478. The van der Waals surface area contributed by atoms with Crippen LogP contribution in [-0.4, -0.2) is 25.8 Å². The second-order valence-electron chi connectivity index (χ2n) is 4.35. The number of ether oxygens (including phenoxy) is 1. The van der Waals surface area contributed by atoms with Gasteiger partial charge in [0, 0.05) is 12.6 Å². The highest BCUT2D eigenvalue weighted by molar-refractivity contribution is 5.14. The average Bonchev–Trinajstić information content (AvgIpc) is 2.37. The van der Waals surface area contributed by atoms with E-state index in [4.69, 9.17) is 4.74 Å². The summed E-state index contributed by atoms with van der Waals surface area (Å²) in [7, 11) is 0. The summed E-state index contributed by atoms with van der Waals surface area (Å²) in [6.07, 6.45) is 3.35. The third-order valence-corrected chi connectivity index (χ3v) is 2.78. The molecule has 2 heteroatoms. The number of hydrogen-bond acceptors (Lipinski definition) is 2. The Morgan fingerprint density at radius 3 is 2.59 bits per heavy atom. The molecule has 0 aliphatic carbocycles. The van der Waals surface area contributed by atoms with E-state index in [2.05, 4.69) is 49.5 Å². The minimum Gasteiger partial charge on any atom is -0.380 e. The van der Waals surface area contributed by atoms with E-state index >= 15 is 0 Å². The van der Waals surface area contributed by atoms with Crippen molar-refractivity contribution in [1.82, 2.24) is 5.32 Å². The normalized spacial score (nSPS) is 12.6. The summed E-state index contributed by atoms with van der Waals surface area (Å²) in [5.41, 5.74) is 1.41. The van der Waals surface area contributed by atoms with Gasteiger partial charge in [-0.05, 0) is 31.4 Å². The van der Waals surface area contributed by atoms with E-state index in [1.807, 2.05) is 0 Å². The van der Waals surface area contributed by atoms with Gasteiger partial charge in [0.25, 0.3) is 0 Å². The first-order chi connectivity index (χ1) is 8.36. The second kappa shape index (κ2) is 9.20. The molecule has 96 valence electrons. The van der Waals surface area contributed by atoms with Gasteiger partial charge in [0.05, 0.1) is 6.61 Å². The molecule has 17 heavy (non-hydrogen) atoms. The lowest BCUT2D eigenvalue weighted by atomic mass is 10.1. The van der Waals surface area contributed by atoms with Crippen molar-refractivity contribution in [3.05, 3.63) is 35.9 Å². The second-order valence-corrected chi connectivity index (χ2v) is 4.35. The molecule has 0 bridgehead atoms. The standard InChI is InChI=1S/C15H25NO/c1-3-12-17-13-15(16-4-2)11-10-14-8-6-5-7-9-14/h5-9,15-16H,3-4,10-13H2,1-2H3. The van der Waals surface area contributed by atoms with E-state index in [0.29, 0.717) is 6.04 Å². The molecule has 1 N–H and O–H groups in total. The summed E-state index contributed by atoms with van der Waals surface area (Å²) in [5.74, 6) is 0. The van der Waals surface area contributed by atoms with Crippen LogP contribution >= 0.6 is 0 Å². The highest BCUT2D eigenvalue weighted by Crippen LogP contribution is 2.05. The zero-order valence-electron chi connectivity index (χ0n) is 11.1. The molecule has 1 rings (SSSR count). The summed E-state index contributed by atoms with van der Waals surface area (Å²) in [5, 5.41) is 3.49. The molecule has 0 amide bonds. The fraction of sp³-hybridized carbons (Fsp3) is 0.600. The smallest absolute Gasteiger partial charge is 0.0619 e. The summed E-state index contributed by atoms with van der Waals surface area (Å²) in [6.45, 7) is 7.00. The third-order valence-electron chi connectivity index (χ3n) is 2.78. The van der Waals surface area contributed by atoms with Gasteiger partial charge in [-0.3, -0.25) is 0 Å². The zero-order valence-corrected chi connectivity index (χ0v) is 11.1. The number of aryl methyl sites for hydroxylation is 1. The highest BCUT2D eigenvalue weighted by Gasteiger charge is 2.07. The van der Waals surface area contributed by atoms with Crippen molar-refractivity contribution in [1.29, 1.82) is 0 Å². The fourth-order valence-corrected chi connectivity index (χ4v) is 1.89. The van der Waals surface area contributed by atoms with Crippen molar-refractivity contribution in [2.24, 2.45) is 0 Å². The van der Waals surface area contributed by atoms with Crippen LogP contribution in [0.4, 0.5) is 0 Å². The Morgan fingerprint density at radius 1 is 1.18 bits per heavy atom. The van der Waals surface area contributed by atoms with Gasteiger partial charge in [-0.1, -0.05) is 44.2 Å². The molecule has 0 saturated heterocycles. The molecule has 0 saturated carbocycles. The topological polar surface area (TPSA) is 21.3 Å². The fourth-order valence-electron chi connectivity index (χ4n) is 1.89. The molecule has 1 unspecified atom stereocenters. The van der Waals surface area contributed by atoms with Crippen LogP contribution in [-0.2, 0) is 11.2 Å². The Hall–Kier alpha value is -0.860. The summed E-state index contributed by atoms with van der Waals surface area (Å²) in [6, 6.07) is 11.1. The van der Waals surface area contributed by atoms with E-state index < -0.39 is 0 Å². The molecule has 1 aromatic rings. The summed E-state index contributed by atoms with van der Waals surface area (Å²) in [4.78, 5) is 0. The molecule has 0 radical (unpaired) electrons. The van der Waals surface area contributed by atoms with Crippen molar-refractivity contribution in [3.63, 3.8) is 0 Å². The number of rotatable bonds is 9. The molecule has 0 aliphatic rings. The van der Waals surface area contributed by atoms with Crippen LogP contribution in [0.5, 0.6) is 0 Å². The van der Waals surface area contributed by atoms with Crippen LogP contribution in [0.3, 0.4) is 0 Å². The van der Waals surface area contributed by atoms with Gasteiger partial charge < -0.3 is 10.1 Å². The van der Waals surface area contributed by atoms with Gasteiger partial charge in [0.15, 0.2) is 0 Å². The molecule has 2 nitrogen and oxygen atoms in total. The predicted octanol–water partition coefficient (Wildman–Crippen LogP) is 3.02. The first-order valence-electron chi connectivity index (χ1n) is 6.71. The van der Waals surface area contributed by atoms with Crippen LogP contribution in [0, 0.1) is 0 Å². The van der Waals surface area contributed by atoms with Crippen molar-refractivity contribution in [2.45, 2.75) is 39.2 Å². The van der Waals surface area contributed by atoms with Crippen LogP contribution in [0.1, 0.15) is 32.3 Å². The van der Waals surface area contributed by atoms with Gasteiger partial charge in [0.2, 0.25) is 0 Å². The maximum atomic E-state index is 5.62. The summed E-state index contributed by atoms with van der Waals surface area (Å²) < 4.78 is 5.62. The molecule has 0 aromatic heterocycles. The molecule has 1 atom stereocenters. The average molecular weight is 235 g/mol. The maximum Gasteiger partial charge on any atom is 0.0619 e. The Kier molecular flexibility index (Phi) is 7.69. The molecule has 0 fully saturated rings. The van der Waals surface area contributed by atoms with Crippen molar-refractivity contribution >= 4 is 0 Å². The number of nitrogens with one attached hydrogen (secondary N) is 1. The lowest BCUT2D eigenvalue weighted by Gasteiger charge is -2.17. The number of benzene rings is 1. The zero-order chi connectivity index (χ0) is 12.3. The molecule has 0 spiro atoms. The van der Waals surface area contributed by atoms with Gasteiger partial charge in [-0.2, -0.15) is 0 Å². The summed E-state index contributed by atoms with van der Waals surface area (Å²) >= 11 is 0. The van der Waals surface area contributed by atoms with E-state index in [1.165, 1.54) is 5.56 Å². The largest absolute Gasteiger partial charge is 0.380 e. The molecule has 1 aromatic carbocycles. The van der Waals surface area contributed by atoms with E-state index in [-0.39, 0.29) is 0 Å². The SMILES string of the molecule is CCCOCC(CCc1ccccc1)NCC. The monoisotopic (exact) mass is 235 g/mol. The van der Waals surface area contributed by atoms with Crippen molar-refractivity contribution in [3.8, 4) is 0 Å². The van der Waals surface area contributed by atoms with Crippen molar-refractivity contribution < 1.29 is 4.74 Å². The lowest BCUT2D eigenvalue weighted by Crippen LogP contribution is -2.34.